The Labute approximate surface area is 375 Å². The zero-order chi connectivity index (χ0) is 47.6. The van der Waals surface area contributed by atoms with Crippen molar-refractivity contribution >= 4 is 53.5 Å². The summed E-state index contributed by atoms with van der Waals surface area (Å²) in [6.07, 6.45) is -2.40. The fraction of sp³-hybridized carbons (Fsp3) is 0.400. The van der Waals surface area contributed by atoms with Crippen LogP contribution in [0.2, 0.25) is 0 Å². The number of aliphatic carboxylic acids is 2. The molecule has 0 saturated carbocycles. The molecule has 0 saturated heterocycles. The molecule has 348 valence electrons. The fourth-order valence-electron chi connectivity index (χ4n) is 7.31. The first-order valence-corrected chi connectivity index (χ1v) is 21.1. The van der Waals surface area contributed by atoms with Gasteiger partial charge in [-0.2, -0.15) is 0 Å². The predicted octanol–water partition coefficient (Wildman–Crippen LogP) is 1.00. The van der Waals surface area contributed by atoms with E-state index in [0.29, 0.717) is 5.56 Å². The van der Waals surface area contributed by atoms with Gasteiger partial charge in [0.1, 0.15) is 36.8 Å². The Hall–Kier alpha value is -7.51. The smallest absolute Gasteiger partial charge is 0.407 e. The second-order valence-corrected chi connectivity index (χ2v) is 15.7. The number of alkyl carbamates (subject to hydrolysis) is 1. The number of primary amides is 1. The Morgan fingerprint density at radius 2 is 1.22 bits per heavy atom. The highest BCUT2D eigenvalue weighted by Crippen LogP contribution is 2.44. The van der Waals surface area contributed by atoms with Crippen LogP contribution in [0.3, 0.4) is 0 Å². The SMILES string of the molecule is CC[C@H](C)[C@H](NC(=O)[C@H](CC(N)=O)NC(=O)[C@H](CCCN=C(N)N)NC(=O)OCC1c2ccccc2-c2ccccc21)C(=O)N[C@@H](CCC(=O)O)C(=O)N[C@@H](Cc1ccccc1)C(=O)O. The highest BCUT2D eigenvalue weighted by molar-refractivity contribution is 5.97. The minimum absolute atomic E-state index is 0.0521. The van der Waals surface area contributed by atoms with Crippen molar-refractivity contribution < 1.29 is 53.3 Å². The summed E-state index contributed by atoms with van der Waals surface area (Å²) in [5.74, 6) is -8.66. The fourth-order valence-corrected chi connectivity index (χ4v) is 7.31. The van der Waals surface area contributed by atoms with Gasteiger partial charge in [-0.3, -0.25) is 33.8 Å². The summed E-state index contributed by atoms with van der Waals surface area (Å²) in [6.45, 7) is 3.31. The van der Waals surface area contributed by atoms with E-state index < -0.39 is 103 Å². The standard InChI is InChI=1S/C45H57N9O11/c1-3-25(2)38(42(61)50-33(19-20-37(56)57)40(59)52-35(43(62)63)22-26-12-5-4-6-13-26)54-41(60)34(23-36(46)55)51-39(58)32(18-11-21-49-44(47)48)53-45(64)65-24-31-29-16-9-7-14-27(29)28-15-8-10-17-30(28)31/h4-10,12-17,25,31-35,38H,3,11,18-24H2,1-2H3,(H2,46,55)(H,50,61)(H,51,58)(H,52,59)(H,53,64)(H,54,60)(H,56,57)(H,62,63)(H4,47,48,49)/t25-,32-,33-,34-,35-,38-/m0/s1. The number of carbonyl (C=O) groups is 8. The van der Waals surface area contributed by atoms with Crippen LogP contribution in [-0.2, 0) is 44.7 Å². The number of nitrogens with two attached hydrogens (primary N) is 3. The highest BCUT2D eigenvalue weighted by atomic mass is 16.5. The molecular formula is C45H57N9O11. The van der Waals surface area contributed by atoms with E-state index in [1.807, 2.05) is 48.5 Å². The van der Waals surface area contributed by atoms with Crippen LogP contribution in [0.5, 0.6) is 0 Å². The van der Waals surface area contributed by atoms with Crippen LogP contribution in [0.1, 0.15) is 75.0 Å². The minimum Gasteiger partial charge on any atom is -0.481 e. The van der Waals surface area contributed by atoms with E-state index in [1.165, 1.54) is 0 Å². The molecule has 0 spiro atoms. The van der Waals surface area contributed by atoms with Crippen molar-refractivity contribution in [3.8, 4) is 11.1 Å². The average Bonchev–Trinajstić information content (AvgIpc) is 3.59. The largest absolute Gasteiger partial charge is 0.481 e. The Morgan fingerprint density at radius 1 is 0.677 bits per heavy atom. The zero-order valence-electron chi connectivity index (χ0n) is 36.2. The molecule has 6 amide bonds. The summed E-state index contributed by atoms with van der Waals surface area (Å²) in [7, 11) is 0. The molecule has 3 aromatic carbocycles. The molecule has 6 atom stereocenters. The van der Waals surface area contributed by atoms with E-state index >= 15 is 0 Å². The van der Waals surface area contributed by atoms with Gasteiger partial charge in [0.2, 0.25) is 29.5 Å². The topological polar surface area (TPSA) is 337 Å². The first-order chi connectivity index (χ1) is 31.0. The molecule has 0 bridgehead atoms. The quantitative estimate of drug-likeness (QED) is 0.0323. The number of hydrogen-bond acceptors (Lipinski definition) is 10. The number of aliphatic imine (C=N–C) groups is 1. The number of ether oxygens (including phenoxy) is 1. The van der Waals surface area contributed by atoms with Crippen molar-refractivity contribution in [2.75, 3.05) is 13.2 Å². The maximum absolute atomic E-state index is 13.9. The Morgan fingerprint density at radius 3 is 1.77 bits per heavy atom. The summed E-state index contributed by atoms with van der Waals surface area (Å²) < 4.78 is 5.65. The van der Waals surface area contributed by atoms with E-state index in [2.05, 4.69) is 31.6 Å². The zero-order valence-corrected chi connectivity index (χ0v) is 36.2. The summed E-state index contributed by atoms with van der Waals surface area (Å²) in [5, 5.41) is 31.6. The van der Waals surface area contributed by atoms with Gasteiger partial charge < -0.3 is 58.7 Å². The van der Waals surface area contributed by atoms with E-state index in [9.17, 15) is 48.6 Å². The maximum atomic E-state index is 13.9. The molecule has 4 rings (SSSR count). The number of guanidine groups is 1. The van der Waals surface area contributed by atoms with Crippen LogP contribution in [0, 0.1) is 5.92 Å². The second-order valence-electron chi connectivity index (χ2n) is 15.7. The lowest BCUT2D eigenvalue weighted by Gasteiger charge is -2.29. The van der Waals surface area contributed by atoms with Crippen molar-refractivity contribution in [3.05, 3.63) is 95.6 Å². The van der Waals surface area contributed by atoms with E-state index in [0.717, 1.165) is 22.3 Å². The van der Waals surface area contributed by atoms with Crippen LogP contribution in [0.4, 0.5) is 4.79 Å². The molecule has 0 unspecified atom stereocenters. The van der Waals surface area contributed by atoms with Crippen LogP contribution in [0.15, 0.2) is 83.9 Å². The number of carboxylic acids is 2. The maximum Gasteiger partial charge on any atom is 0.407 e. The first kappa shape index (κ1) is 50.1. The van der Waals surface area contributed by atoms with Gasteiger partial charge in [-0.1, -0.05) is 99.1 Å². The highest BCUT2D eigenvalue weighted by Gasteiger charge is 2.36. The van der Waals surface area contributed by atoms with Crippen LogP contribution < -0.4 is 43.8 Å². The number of benzene rings is 3. The Balaban J connectivity index is 1.49. The number of carboxylic acid groups (broad SMARTS) is 2. The number of rotatable bonds is 25. The van der Waals surface area contributed by atoms with Crippen molar-refractivity contribution in [2.45, 2.75) is 94.9 Å². The summed E-state index contributed by atoms with van der Waals surface area (Å²) in [4.78, 5) is 108. The summed E-state index contributed by atoms with van der Waals surface area (Å²) in [5.41, 5.74) is 20.9. The number of amides is 6. The molecular weight excluding hydrogens is 843 g/mol. The first-order valence-electron chi connectivity index (χ1n) is 21.1. The molecule has 1 aliphatic carbocycles. The summed E-state index contributed by atoms with van der Waals surface area (Å²) >= 11 is 0. The molecule has 13 N–H and O–H groups in total. The number of carbonyl (C=O) groups excluding carboxylic acids is 6. The van der Waals surface area contributed by atoms with Gasteiger partial charge in [-0.05, 0) is 53.0 Å². The molecule has 0 radical (unpaired) electrons. The third kappa shape index (κ3) is 15.1. The van der Waals surface area contributed by atoms with Gasteiger partial charge in [0.05, 0.1) is 6.42 Å². The summed E-state index contributed by atoms with van der Waals surface area (Å²) in [6, 6.07) is 16.4. The van der Waals surface area contributed by atoms with Gasteiger partial charge in [0.15, 0.2) is 5.96 Å². The number of nitrogens with zero attached hydrogens (tertiary/aromatic N) is 1. The number of hydrogen-bond donors (Lipinski definition) is 10. The minimum atomic E-state index is -1.68. The van der Waals surface area contributed by atoms with Gasteiger partial charge in [0, 0.05) is 25.3 Å². The van der Waals surface area contributed by atoms with Crippen molar-refractivity contribution in [1.29, 1.82) is 0 Å². The van der Waals surface area contributed by atoms with Gasteiger partial charge >= 0.3 is 18.0 Å². The van der Waals surface area contributed by atoms with E-state index in [1.54, 1.807) is 44.2 Å². The number of fused-ring (bicyclic) bond motifs is 3. The molecule has 0 aromatic heterocycles. The van der Waals surface area contributed by atoms with Crippen LogP contribution in [0.25, 0.3) is 11.1 Å². The molecule has 65 heavy (non-hydrogen) atoms. The molecule has 20 heteroatoms. The normalized spacial score (nSPS) is 14.3. The molecule has 0 aliphatic heterocycles. The monoisotopic (exact) mass is 899 g/mol. The lowest BCUT2D eigenvalue weighted by atomic mass is 9.96. The molecule has 20 nitrogen and oxygen atoms in total. The third-order valence-corrected chi connectivity index (χ3v) is 10.9. The van der Waals surface area contributed by atoms with E-state index in [-0.39, 0.29) is 50.7 Å². The van der Waals surface area contributed by atoms with Crippen LogP contribution >= 0.6 is 0 Å². The Kier molecular flexibility index (Phi) is 18.8. The Bertz CT molecular complexity index is 2170. The van der Waals surface area contributed by atoms with Crippen molar-refractivity contribution in [2.24, 2.45) is 28.1 Å². The van der Waals surface area contributed by atoms with E-state index in [4.69, 9.17) is 21.9 Å². The third-order valence-electron chi connectivity index (χ3n) is 10.9. The predicted molar refractivity (Wildman–Crippen MR) is 238 cm³/mol. The number of nitrogens with one attached hydrogen (secondary N) is 5. The molecule has 3 aromatic rings. The lowest BCUT2D eigenvalue weighted by molar-refractivity contribution is -0.143. The van der Waals surface area contributed by atoms with Crippen LogP contribution in [-0.4, -0.2) is 107 Å². The molecule has 0 heterocycles. The molecule has 0 fully saturated rings. The van der Waals surface area contributed by atoms with Gasteiger partial charge in [-0.15, -0.1) is 0 Å². The van der Waals surface area contributed by atoms with Crippen molar-refractivity contribution in [3.63, 3.8) is 0 Å². The van der Waals surface area contributed by atoms with Crippen molar-refractivity contribution in [1.82, 2.24) is 26.6 Å². The molecule has 1 aliphatic rings. The average molecular weight is 900 g/mol. The van der Waals surface area contributed by atoms with Gasteiger partial charge in [0.25, 0.3) is 0 Å². The van der Waals surface area contributed by atoms with Gasteiger partial charge in [-0.25, -0.2) is 9.59 Å². The lowest BCUT2D eigenvalue weighted by Crippen LogP contribution is -2.60. The second kappa shape index (κ2) is 24.4.